The van der Waals surface area contributed by atoms with Gasteiger partial charge in [0.1, 0.15) is 11.7 Å². The van der Waals surface area contributed by atoms with Gasteiger partial charge in [0.25, 0.3) is 5.91 Å². The lowest BCUT2D eigenvalue weighted by atomic mass is 10.0. The molecule has 1 heterocycles. The molecular formula is C19H20N2O3. The Bertz CT molecular complexity index is 911. The Hall–Kier alpha value is -2.82. The number of methoxy groups -OCH3 is 1. The number of benzene rings is 2. The minimum absolute atomic E-state index is 0.0633. The summed E-state index contributed by atoms with van der Waals surface area (Å²) in [5.74, 6) is -0.828. The van der Waals surface area contributed by atoms with Crippen LogP contribution in [0.2, 0.25) is 0 Å². The van der Waals surface area contributed by atoms with Crippen molar-refractivity contribution in [3.63, 3.8) is 0 Å². The van der Waals surface area contributed by atoms with Gasteiger partial charge in [-0.2, -0.15) is 0 Å². The molecule has 5 heteroatoms. The fourth-order valence-electron chi connectivity index (χ4n) is 2.85. The second-order valence-electron chi connectivity index (χ2n) is 6.15. The number of aromatic nitrogens is 1. The van der Waals surface area contributed by atoms with Crippen LogP contribution < -0.4 is 5.32 Å². The number of hydrogen-bond acceptors (Lipinski definition) is 3. The lowest BCUT2D eigenvalue weighted by molar-refractivity contribution is -0.144. The summed E-state index contributed by atoms with van der Waals surface area (Å²) in [4.78, 5) is 27.5. The van der Waals surface area contributed by atoms with Crippen LogP contribution >= 0.6 is 0 Å². The Kier molecular flexibility index (Phi) is 4.25. The molecule has 1 atom stereocenters. The maximum absolute atomic E-state index is 12.5. The molecule has 124 valence electrons. The first-order valence-corrected chi connectivity index (χ1v) is 7.90. The molecule has 5 nitrogen and oxygen atoms in total. The third-order valence-electron chi connectivity index (χ3n) is 4.18. The zero-order valence-electron chi connectivity index (χ0n) is 13.9. The van der Waals surface area contributed by atoms with Crippen molar-refractivity contribution < 1.29 is 14.3 Å². The van der Waals surface area contributed by atoms with Crippen molar-refractivity contribution in [1.29, 1.82) is 0 Å². The number of hydrogen-bond donors (Lipinski definition) is 2. The fraction of sp³-hybridized carbons (Fsp3) is 0.263. The van der Waals surface area contributed by atoms with Crippen molar-refractivity contribution in [1.82, 2.24) is 10.3 Å². The van der Waals surface area contributed by atoms with Gasteiger partial charge in [0, 0.05) is 10.9 Å². The molecule has 0 fully saturated rings. The van der Waals surface area contributed by atoms with E-state index >= 15 is 0 Å². The molecule has 0 spiro atoms. The van der Waals surface area contributed by atoms with Gasteiger partial charge < -0.3 is 15.0 Å². The Labute approximate surface area is 140 Å². The summed E-state index contributed by atoms with van der Waals surface area (Å²) < 4.78 is 4.76. The number of carbonyl (C=O) groups is 2. The predicted octanol–water partition coefficient (Wildman–Crippen LogP) is 3.25. The highest BCUT2D eigenvalue weighted by molar-refractivity contribution is 6.10. The number of rotatable bonds is 4. The maximum atomic E-state index is 12.5. The SMILES string of the molecule is COC(=O)C(NC(=O)c1cc2c(ccc3ccccc32)[nH]1)C(C)C. The molecule has 0 aliphatic heterocycles. The Morgan fingerprint density at radius 3 is 2.54 bits per heavy atom. The first-order valence-electron chi connectivity index (χ1n) is 7.90. The van der Waals surface area contributed by atoms with Gasteiger partial charge in [-0.05, 0) is 28.8 Å². The van der Waals surface area contributed by atoms with Crippen molar-refractivity contribution in [2.45, 2.75) is 19.9 Å². The zero-order valence-corrected chi connectivity index (χ0v) is 13.9. The summed E-state index contributed by atoms with van der Waals surface area (Å²) in [6.07, 6.45) is 0. The average molecular weight is 324 g/mol. The van der Waals surface area contributed by atoms with Crippen LogP contribution in [0.15, 0.2) is 42.5 Å². The molecule has 0 bridgehead atoms. The third-order valence-corrected chi connectivity index (χ3v) is 4.18. The molecule has 2 N–H and O–H groups in total. The molecule has 0 aliphatic carbocycles. The molecule has 24 heavy (non-hydrogen) atoms. The molecule has 3 aromatic rings. The summed E-state index contributed by atoms with van der Waals surface area (Å²) in [5, 5.41) is 5.93. The normalized spacial score (nSPS) is 12.5. The highest BCUT2D eigenvalue weighted by atomic mass is 16.5. The highest BCUT2D eigenvalue weighted by Crippen LogP contribution is 2.26. The number of fused-ring (bicyclic) bond motifs is 3. The Morgan fingerprint density at radius 2 is 1.83 bits per heavy atom. The number of amides is 1. The lowest BCUT2D eigenvalue weighted by Gasteiger charge is -2.19. The van der Waals surface area contributed by atoms with Gasteiger partial charge in [0.2, 0.25) is 0 Å². The maximum Gasteiger partial charge on any atom is 0.328 e. The molecule has 1 aromatic heterocycles. The number of aromatic amines is 1. The van der Waals surface area contributed by atoms with E-state index < -0.39 is 12.0 Å². The second kappa shape index (κ2) is 6.35. The summed E-state index contributed by atoms with van der Waals surface area (Å²) in [7, 11) is 1.32. The minimum Gasteiger partial charge on any atom is -0.467 e. The third kappa shape index (κ3) is 2.85. The van der Waals surface area contributed by atoms with E-state index in [0.717, 1.165) is 21.7 Å². The van der Waals surface area contributed by atoms with E-state index in [0.29, 0.717) is 5.69 Å². The van der Waals surface area contributed by atoms with Gasteiger partial charge in [0.05, 0.1) is 7.11 Å². The van der Waals surface area contributed by atoms with E-state index in [4.69, 9.17) is 4.74 Å². The van der Waals surface area contributed by atoms with E-state index in [1.54, 1.807) is 0 Å². The minimum atomic E-state index is -0.675. The van der Waals surface area contributed by atoms with Gasteiger partial charge in [0.15, 0.2) is 0 Å². The van der Waals surface area contributed by atoms with Crippen LogP contribution in [0.25, 0.3) is 21.7 Å². The number of ether oxygens (including phenoxy) is 1. The van der Waals surface area contributed by atoms with Crippen LogP contribution in [0.5, 0.6) is 0 Å². The molecule has 2 aromatic carbocycles. The summed E-state index contributed by atoms with van der Waals surface area (Å²) in [6.45, 7) is 3.72. The lowest BCUT2D eigenvalue weighted by Crippen LogP contribution is -2.45. The van der Waals surface area contributed by atoms with Crippen molar-refractivity contribution >= 4 is 33.6 Å². The summed E-state index contributed by atoms with van der Waals surface area (Å²) in [5.41, 5.74) is 1.31. The molecular weight excluding hydrogens is 304 g/mol. The van der Waals surface area contributed by atoms with Gasteiger partial charge in [-0.3, -0.25) is 4.79 Å². The molecule has 1 unspecified atom stereocenters. The van der Waals surface area contributed by atoms with Crippen LogP contribution in [-0.4, -0.2) is 30.0 Å². The standard InChI is InChI=1S/C19H20N2O3/c1-11(2)17(19(23)24-3)21-18(22)16-10-14-13-7-5-4-6-12(13)8-9-15(14)20-16/h4-11,17,20H,1-3H3,(H,21,22). The monoisotopic (exact) mass is 324 g/mol. The van der Waals surface area contributed by atoms with Gasteiger partial charge in [-0.1, -0.05) is 44.2 Å². The van der Waals surface area contributed by atoms with Crippen molar-refractivity contribution in [2.24, 2.45) is 5.92 Å². The van der Waals surface area contributed by atoms with Gasteiger partial charge >= 0.3 is 5.97 Å². The average Bonchev–Trinajstić information content (AvgIpc) is 3.03. The van der Waals surface area contributed by atoms with E-state index in [-0.39, 0.29) is 11.8 Å². The molecule has 3 rings (SSSR count). The van der Waals surface area contributed by atoms with Crippen molar-refractivity contribution in [3.05, 3.63) is 48.2 Å². The van der Waals surface area contributed by atoms with Crippen LogP contribution in [0, 0.1) is 5.92 Å². The van der Waals surface area contributed by atoms with E-state index in [1.807, 2.05) is 56.3 Å². The Balaban J connectivity index is 1.95. The number of carbonyl (C=O) groups excluding carboxylic acids is 2. The van der Waals surface area contributed by atoms with Crippen LogP contribution in [0.3, 0.4) is 0 Å². The molecule has 0 saturated carbocycles. The van der Waals surface area contributed by atoms with E-state index in [9.17, 15) is 9.59 Å². The molecule has 0 aliphatic rings. The van der Waals surface area contributed by atoms with Crippen LogP contribution in [0.4, 0.5) is 0 Å². The topological polar surface area (TPSA) is 71.2 Å². The van der Waals surface area contributed by atoms with Gasteiger partial charge in [-0.15, -0.1) is 0 Å². The molecule has 1 amide bonds. The van der Waals surface area contributed by atoms with Crippen molar-refractivity contribution in [3.8, 4) is 0 Å². The quantitative estimate of drug-likeness (QED) is 0.724. The fourth-order valence-corrected chi connectivity index (χ4v) is 2.85. The van der Waals surface area contributed by atoms with Gasteiger partial charge in [-0.25, -0.2) is 4.79 Å². The number of nitrogens with one attached hydrogen (secondary N) is 2. The van der Waals surface area contributed by atoms with Crippen LogP contribution in [0.1, 0.15) is 24.3 Å². The zero-order chi connectivity index (χ0) is 17.3. The smallest absolute Gasteiger partial charge is 0.328 e. The first kappa shape index (κ1) is 16.1. The number of esters is 1. The number of H-pyrrole nitrogens is 1. The highest BCUT2D eigenvalue weighted by Gasteiger charge is 2.26. The molecule has 0 radical (unpaired) electrons. The summed E-state index contributed by atoms with van der Waals surface area (Å²) >= 11 is 0. The largest absolute Gasteiger partial charge is 0.467 e. The van der Waals surface area contributed by atoms with Crippen molar-refractivity contribution in [2.75, 3.05) is 7.11 Å². The van der Waals surface area contributed by atoms with Crippen LogP contribution in [-0.2, 0) is 9.53 Å². The predicted molar refractivity (Wildman–Crippen MR) is 93.9 cm³/mol. The van der Waals surface area contributed by atoms with E-state index in [2.05, 4.69) is 10.3 Å². The van der Waals surface area contributed by atoms with E-state index in [1.165, 1.54) is 7.11 Å². The second-order valence-corrected chi connectivity index (χ2v) is 6.15. The molecule has 0 saturated heterocycles. The summed E-state index contributed by atoms with van der Waals surface area (Å²) in [6, 6.07) is 13.1. The first-order chi connectivity index (χ1) is 11.5. The Morgan fingerprint density at radius 1 is 1.08 bits per heavy atom.